The van der Waals surface area contributed by atoms with E-state index in [9.17, 15) is 18.0 Å². The summed E-state index contributed by atoms with van der Waals surface area (Å²) >= 11 is 0. The first-order chi connectivity index (χ1) is 11.2. The Morgan fingerprint density at radius 1 is 1.42 bits per heavy atom. The number of amides is 1. The topological polar surface area (TPSA) is 51.0 Å². The van der Waals surface area contributed by atoms with Gasteiger partial charge in [-0.3, -0.25) is 9.78 Å². The first-order valence-corrected chi connectivity index (χ1v) is 7.57. The Morgan fingerprint density at radius 2 is 2.12 bits per heavy atom. The fraction of sp³-hybridized carbons (Fsp3) is 0.438. The summed E-state index contributed by atoms with van der Waals surface area (Å²) in [7, 11) is 0. The molecule has 24 heavy (non-hydrogen) atoms. The number of rotatable bonds is 5. The molecule has 0 bridgehead atoms. The number of carbonyl (C=O) groups excluding carboxylic acids is 1. The predicted octanol–water partition coefficient (Wildman–Crippen LogP) is 3.52. The van der Waals surface area contributed by atoms with Crippen molar-refractivity contribution in [2.45, 2.75) is 33.4 Å². The molecular formula is C16H19F3N4O. The van der Waals surface area contributed by atoms with Crippen LogP contribution in [0.4, 0.5) is 18.9 Å². The summed E-state index contributed by atoms with van der Waals surface area (Å²) in [5.41, 5.74) is 1.77. The van der Waals surface area contributed by atoms with E-state index in [0.29, 0.717) is 17.1 Å². The van der Waals surface area contributed by atoms with Crippen molar-refractivity contribution in [2.75, 3.05) is 11.4 Å². The van der Waals surface area contributed by atoms with Crippen LogP contribution < -0.4 is 4.90 Å². The van der Waals surface area contributed by atoms with Crippen LogP contribution >= 0.6 is 0 Å². The summed E-state index contributed by atoms with van der Waals surface area (Å²) in [4.78, 5) is 17.8. The molecule has 1 amide bonds. The maximum Gasteiger partial charge on any atom is 0.389 e. The molecule has 2 rings (SSSR count). The Hall–Kier alpha value is -2.38. The summed E-state index contributed by atoms with van der Waals surface area (Å²) in [5.74, 6) is -1.71. The molecular weight excluding hydrogens is 321 g/mol. The van der Waals surface area contributed by atoms with Gasteiger partial charge < -0.3 is 4.90 Å². The zero-order valence-corrected chi connectivity index (χ0v) is 13.7. The van der Waals surface area contributed by atoms with Crippen LogP contribution in [0.5, 0.6) is 0 Å². The quantitative estimate of drug-likeness (QED) is 0.837. The molecule has 1 unspecified atom stereocenters. The number of anilines is 1. The molecule has 2 aromatic heterocycles. The van der Waals surface area contributed by atoms with Crippen molar-refractivity contribution in [1.82, 2.24) is 14.8 Å². The monoisotopic (exact) mass is 340 g/mol. The summed E-state index contributed by atoms with van der Waals surface area (Å²) in [6.07, 6.45) is -0.641. The minimum absolute atomic E-state index is 0.264. The highest BCUT2D eigenvalue weighted by Gasteiger charge is 2.35. The molecule has 0 saturated heterocycles. The average Bonchev–Trinajstić information content (AvgIpc) is 2.89. The molecule has 0 aliphatic carbocycles. The van der Waals surface area contributed by atoms with Crippen LogP contribution in [0.15, 0.2) is 30.7 Å². The Balaban J connectivity index is 2.28. The molecule has 130 valence electrons. The molecule has 0 aromatic carbocycles. The number of aryl methyl sites for hydroxylation is 1. The van der Waals surface area contributed by atoms with Gasteiger partial charge in [-0.1, -0.05) is 6.92 Å². The zero-order chi connectivity index (χ0) is 17.9. The Kier molecular flexibility index (Phi) is 5.26. The largest absolute Gasteiger partial charge is 0.389 e. The van der Waals surface area contributed by atoms with Gasteiger partial charge in [0.05, 0.1) is 35.9 Å². The lowest BCUT2D eigenvalue weighted by Crippen LogP contribution is -2.37. The van der Waals surface area contributed by atoms with Crippen LogP contribution in [-0.2, 0) is 4.79 Å². The second-order valence-corrected chi connectivity index (χ2v) is 5.56. The van der Waals surface area contributed by atoms with Crippen molar-refractivity contribution in [1.29, 1.82) is 0 Å². The van der Waals surface area contributed by atoms with Gasteiger partial charge in [0.2, 0.25) is 5.91 Å². The van der Waals surface area contributed by atoms with Crippen molar-refractivity contribution in [3.8, 4) is 5.69 Å². The number of carbonyl (C=O) groups is 1. The van der Waals surface area contributed by atoms with E-state index in [1.807, 2.05) is 0 Å². The van der Waals surface area contributed by atoms with Crippen LogP contribution in [0.25, 0.3) is 5.69 Å². The molecule has 2 heterocycles. The third-order valence-corrected chi connectivity index (χ3v) is 3.62. The molecule has 0 N–H and O–H groups in total. The molecule has 0 aliphatic heterocycles. The normalized spacial score (nSPS) is 12.9. The third kappa shape index (κ3) is 4.12. The summed E-state index contributed by atoms with van der Waals surface area (Å²) in [5, 5.41) is 4.33. The van der Waals surface area contributed by atoms with Crippen LogP contribution in [-0.4, -0.2) is 33.4 Å². The first kappa shape index (κ1) is 18.0. The van der Waals surface area contributed by atoms with Crippen molar-refractivity contribution >= 4 is 11.6 Å². The highest BCUT2D eigenvalue weighted by molar-refractivity contribution is 5.95. The van der Waals surface area contributed by atoms with Gasteiger partial charge in [0.15, 0.2) is 0 Å². The molecule has 0 fully saturated rings. The highest BCUT2D eigenvalue weighted by Crippen LogP contribution is 2.28. The third-order valence-electron chi connectivity index (χ3n) is 3.62. The second kappa shape index (κ2) is 7.02. The summed E-state index contributed by atoms with van der Waals surface area (Å²) < 4.78 is 39.2. The van der Waals surface area contributed by atoms with E-state index < -0.39 is 24.4 Å². The number of pyridine rings is 1. The van der Waals surface area contributed by atoms with Gasteiger partial charge >= 0.3 is 6.18 Å². The van der Waals surface area contributed by atoms with Gasteiger partial charge in [0, 0.05) is 18.7 Å². The van der Waals surface area contributed by atoms with E-state index in [1.165, 1.54) is 11.8 Å². The molecule has 0 saturated carbocycles. The van der Waals surface area contributed by atoms with Gasteiger partial charge in [-0.25, -0.2) is 4.68 Å². The molecule has 0 radical (unpaired) electrons. The number of alkyl halides is 3. The maximum absolute atomic E-state index is 12.5. The van der Waals surface area contributed by atoms with Crippen LogP contribution in [0, 0.1) is 12.8 Å². The van der Waals surface area contributed by atoms with Gasteiger partial charge in [-0.05, 0) is 26.0 Å². The number of halogens is 3. The number of nitrogens with zero attached hydrogens (tertiary/aromatic N) is 4. The Morgan fingerprint density at radius 3 is 2.67 bits per heavy atom. The Labute approximate surface area is 138 Å². The van der Waals surface area contributed by atoms with E-state index in [2.05, 4.69) is 10.1 Å². The molecule has 0 spiro atoms. The van der Waals surface area contributed by atoms with E-state index in [-0.39, 0.29) is 6.54 Å². The van der Waals surface area contributed by atoms with Crippen LogP contribution in [0.3, 0.4) is 0 Å². The molecule has 0 aliphatic rings. The van der Waals surface area contributed by atoms with Crippen molar-refractivity contribution in [3.63, 3.8) is 0 Å². The second-order valence-electron chi connectivity index (χ2n) is 5.56. The summed E-state index contributed by atoms with van der Waals surface area (Å²) in [6, 6.07) is 3.55. The van der Waals surface area contributed by atoms with E-state index in [1.54, 1.807) is 49.3 Å². The van der Waals surface area contributed by atoms with E-state index in [4.69, 9.17) is 0 Å². The number of hydrogen-bond donors (Lipinski definition) is 0. The van der Waals surface area contributed by atoms with Crippen molar-refractivity contribution in [2.24, 2.45) is 5.92 Å². The lowest BCUT2D eigenvalue weighted by molar-refractivity contribution is -0.151. The average molecular weight is 340 g/mol. The standard InChI is InChI=1S/C16H19F3N4O/c1-4-22(15(24)11(2)8-16(17,18)19)14-10-23(21-12(14)3)13-6-5-7-20-9-13/h5-7,9-11H,4,8H2,1-3H3. The molecule has 1 atom stereocenters. The number of hydrogen-bond acceptors (Lipinski definition) is 3. The number of aromatic nitrogens is 3. The van der Waals surface area contributed by atoms with E-state index in [0.717, 1.165) is 0 Å². The highest BCUT2D eigenvalue weighted by atomic mass is 19.4. The smallest absolute Gasteiger partial charge is 0.309 e. The van der Waals surface area contributed by atoms with Gasteiger partial charge in [-0.15, -0.1) is 0 Å². The van der Waals surface area contributed by atoms with Gasteiger partial charge in [-0.2, -0.15) is 18.3 Å². The van der Waals surface area contributed by atoms with Crippen LogP contribution in [0.2, 0.25) is 0 Å². The van der Waals surface area contributed by atoms with Gasteiger partial charge in [0.25, 0.3) is 0 Å². The minimum atomic E-state index is -4.37. The zero-order valence-electron chi connectivity index (χ0n) is 13.7. The van der Waals surface area contributed by atoms with Gasteiger partial charge in [0.1, 0.15) is 0 Å². The van der Waals surface area contributed by atoms with Crippen molar-refractivity contribution < 1.29 is 18.0 Å². The lowest BCUT2D eigenvalue weighted by Gasteiger charge is -2.24. The fourth-order valence-corrected chi connectivity index (χ4v) is 2.48. The summed E-state index contributed by atoms with van der Waals surface area (Å²) in [6.45, 7) is 4.99. The molecule has 5 nitrogen and oxygen atoms in total. The fourth-order valence-electron chi connectivity index (χ4n) is 2.48. The first-order valence-electron chi connectivity index (χ1n) is 7.57. The molecule has 2 aromatic rings. The van der Waals surface area contributed by atoms with E-state index >= 15 is 0 Å². The van der Waals surface area contributed by atoms with Crippen LogP contribution in [0.1, 0.15) is 26.0 Å². The maximum atomic E-state index is 12.5. The lowest BCUT2D eigenvalue weighted by atomic mass is 10.1. The molecule has 8 heteroatoms. The SMILES string of the molecule is CCN(C(=O)C(C)CC(F)(F)F)c1cn(-c2cccnc2)nc1C. The predicted molar refractivity (Wildman–Crippen MR) is 84.0 cm³/mol. The Bertz CT molecular complexity index is 697. The van der Waals surface area contributed by atoms with Crippen molar-refractivity contribution in [3.05, 3.63) is 36.4 Å². The minimum Gasteiger partial charge on any atom is -0.309 e.